The van der Waals surface area contributed by atoms with E-state index in [0.29, 0.717) is 11.4 Å². The summed E-state index contributed by atoms with van der Waals surface area (Å²) in [5.41, 5.74) is 4.72. The van der Waals surface area contributed by atoms with Gasteiger partial charge in [-0.3, -0.25) is 4.79 Å². The molecule has 0 radical (unpaired) electrons. The molecule has 0 unspecified atom stereocenters. The number of hydrogen-bond acceptors (Lipinski definition) is 5. The molecule has 128 valence electrons. The number of aromatic nitrogens is 4. The first kappa shape index (κ1) is 16.8. The summed E-state index contributed by atoms with van der Waals surface area (Å²) < 4.78 is 5.20. The highest BCUT2D eigenvalue weighted by molar-refractivity contribution is 5.97. The van der Waals surface area contributed by atoms with E-state index in [1.165, 1.54) is 10.4 Å². The van der Waals surface area contributed by atoms with Crippen molar-refractivity contribution in [3.8, 4) is 17.1 Å². The Morgan fingerprint density at radius 2 is 1.84 bits per heavy atom. The number of methoxy groups -OCH3 is 1. The van der Waals surface area contributed by atoms with Crippen molar-refractivity contribution >= 4 is 5.78 Å². The molecule has 0 saturated heterocycles. The van der Waals surface area contributed by atoms with Crippen LogP contribution in [0.1, 0.15) is 27.0 Å². The molecule has 25 heavy (non-hydrogen) atoms. The normalized spacial score (nSPS) is 10.7. The van der Waals surface area contributed by atoms with Gasteiger partial charge in [-0.2, -0.15) is 4.80 Å². The van der Waals surface area contributed by atoms with Gasteiger partial charge in [0.15, 0.2) is 5.78 Å². The number of ketones is 1. The lowest BCUT2D eigenvalue weighted by atomic mass is 9.98. The van der Waals surface area contributed by atoms with E-state index in [2.05, 4.69) is 15.4 Å². The van der Waals surface area contributed by atoms with Crippen LogP contribution in [-0.4, -0.2) is 33.1 Å². The van der Waals surface area contributed by atoms with E-state index in [4.69, 9.17) is 4.74 Å². The summed E-state index contributed by atoms with van der Waals surface area (Å²) >= 11 is 0. The van der Waals surface area contributed by atoms with Gasteiger partial charge in [-0.05, 0) is 60.9 Å². The third-order valence-electron chi connectivity index (χ3n) is 4.21. The molecule has 3 rings (SSSR count). The van der Waals surface area contributed by atoms with E-state index < -0.39 is 0 Å². The Kier molecular flexibility index (Phi) is 4.61. The predicted molar refractivity (Wildman–Crippen MR) is 94.8 cm³/mol. The molecule has 0 saturated carbocycles. The van der Waals surface area contributed by atoms with Gasteiger partial charge >= 0.3 is 0 Å². The maximum absolute atomic E-state index is 12.6. The van der Waals surface area contributed by atoms with Crippen LogP contribution < -0.4 is 4.74 Å². The number of carbonyl (C=O) groups is 1. The third-order valence-corrected chi connectivity index (χ3v) is 4.21. The molecule has 6 nitrogen and oxygen atoms in total. The Labute approximate surface area is 146 Å². The van der Waals surface area contributed by atoms with E-state index in [-0.39, 0.29) is 12.3 Å². The van der Waals surface area contributed by atoms with Gasteiger partial charge in [0.05, 0.1) is 7.11 Å². The second kappa shape index (κ2) is 6.84. The molecule has 1 aromatic heterocycles. The molecule has 0 aliphatic rings. The fourth-order valence-electron chi connectivity index (χ4n) is 2.66. The van der Waals surface area contributed by atoms with Crippen molar-refractivity contribution in [2.24, 2.45) is 0 Å². The Hall–Kier alpha value is -3.02. The number of Topliss-reactive ketones (excluding diaryl/α,β-unsaturated/α-hetero) is 1. The molecule has 0 fully saturated rings. The number of hydrogen-bond donors (Lipinski definition) is 0. The summed E-state index contributed by atoms with van der Waals surface area (Å²) in [6.45, 7) is 6.03. The van der Waals surface area contributed by atoms with Crippen molar-refractivity contribution in [1.29, 1.82) is 0 Å². The average Bonchev–Trinajstić information content (AvgIpc) is 3.06. The monoisotopic (exact) mass is 336 g/mol. The molecular weight excluding hydrogens is 316 g/mol. The minimum atomic E-state index is -0.0322. The smallest absolute Gasteiger partial charge is 0.205 e. The Balaban J connectivity index is 1.81. The molecule has 0 aliphatic carbocycles. The van der Waals surface area contributed by atoms with Gasteiger partial charge in [-0.25, -0.2) is 0 Å². The van der Waals surface area contributed by atoms with Gasteiger partial charge in [-0.1, -0.05) is 18.2 Å². The standard InChI is InChI=1S/C19H20N4O2/c1-12-8-14(3)17(9-13(12)2)18(24)11-23-21-19(20-22-23)15-6-5-7-16(10-15)25-4/h5-10H,11H2,1-4H3. The van der Waals surface area contributed by atoms with Crippen molar-refractivity contribution in [1.82, 2.24) is 20.2 Å². The second-order valence-electron chi connectivity index (χ2n) is 6.05. The zero-order valence-corrected chi connectivity index (χ0v) is 14.8. The lowest BCUT2D eigenvalue weighted by Gasteiger charge is -2.08. The van der Waals surface area contributed by atoms with E-state index in [9.17, 15) is 4.79 Å². The molecule has 0 bridgehead atoms. The Bertz CT molecular complexity index is 931. The Morgan fingerprint density at radius 1 is 1.08 bits per heavy atom. The highest BCUT2D eigenvalue weighted by Crippen LogP contribution is 2.20. The summed E-state index contributed by atoms with van der Waals surface area (Å²) in [4.78, 5) is 13.9. The first-order valence-corrected chi connectivity index (χ1v) is 8.01. The van der Waals surface area contributed by atoms with Crippen LogP contribution in [0.15, 0.2) is 36.4 Å². The van der Waals surface area contributed by atoms with Crippen LogP contribution in [0.5, 0.6) is 5.75 Å². The second-order valence-corrected chi connectivity index (χ2v) is 6.05. The van der Waals surface area contributed by atoms with Crippen LogP contribution in [0.4, 0.5) is 0 Å². The molecule has 3 aromatic rings. The minimum Gasteiger partial charge on any atom is -0.497 e. The highest BCUT2D eigenvalue weighted by atomic mass is 16.5. The lowest BCUT2D eigenvalue weighted by Crippen LogP contribution is -2.14. The zero-order chi connectivity index (χ0) is 18.0. The number of nitrogens with zero attached hydrogens (tertiary/aromatic N) is 4. The van der Waals surface area contributed by atoms with E-state index >= 15 is 0 Å². The van der Waals surface area contributed by atoms with Crippen molar-refractivity contribution < 1.29 is 9.53 Å². The summed E-state index contributed by atoms with van der Waals surface area (Å²) in [6.07, 6.45) is 0. The molecule has 0 amide bonds. The van der Waals surface area contributed by atoms with E-state index in [0.717, 1.165) is 22.4 Å². The maximum atomic E-state index is 12.6. The van der Waals surface area contributed by atoms with Crippen LogP contribution in [0.3, 0.4) is 0 Å². The first-order chi connectivity index (χ1) is 12.0. The molecule has 2 aromatic carbocycles. The zero-order valence-electron chi connectivity index (χ0n) is 14.8. The van der Waals surface area contributed by atoms with Gasteiger partial charge in [0.25, 0.3) is 0 Å². The summed E-state index contributed by atoms with van der Waals surface area (Å²) in [5.74, 6) is 1.15. The average molecular weight is 336 g/mol. The van der Waals surface area contributed by atoms with Gasteiger partial charge in [-0.15, -0.1) is 10.2 Å². The first-order valence-electron chi connectivity index (χ1n) is 8.01. The molecular formula is C19H20N4O2. The summed E-state index contributed by atoms with van der Waals surface area (Å²) in [5, 5.41) is 12.3. The van der Waals surface area contributed by atoms with E-state index in [1.54, 1.807) is 7.11 Å². The van der Waals surface area contributed by atoms with Crippen LogP contribution >= 0.6 is 0 Å². The largest absolute Gasteiger partial charge is 0.497 e. The van der Waals surface area contributed by atoms with Crippen molar-refractivity contribution in [2.45, 2.75) is 27.3 Å². The van der Waals surface area contributed by atoms with Gasteiger partial charge in [0, 0.05) is 11.1 Å². The SMILES string of the molecule is COc1cccc(-c2nnn(CC(=O)c3cc(C)c(C)cc3C)n2)c1. The number of carbonyl (C=O) groups excluding carboxylic acids is 1. The van der Waals surface area contributed by atoms with Crippen LogP contribution in [-0.2, 0) is 6.54 Å². The molecule has 0 atom stereocenters. The summed E-state index contributed by atoms with van der Waals surface area (Å²) in [6, 6.07) is 11.4. The van der Waals surface area contributed by atoms with Crippen LogP contribution in [0, 0.1) is 20.8 Å². The fraction of sp³-hybridized carbons (Fsp3) is 0.263. The third kappa shape index (κ3) is 3.57. The number of rotatable bonds is 5. The van der Waals surface area contributed by atoms with Gasteiger partial charge < -0.3 is 4.74 Å². The van der Waals surface area contributed by atoms with Crippen molar-refractivity contribution in [3.05, 3.63) is 58.7 Å². The quantitative estimate of drug-likeness (QED) is 0.669. The number of tetrazole rings is 1. The number of aryl methyl sites for hydroxylation is 3. The molecule has 1 heterocycles. The number of benzene rings is 2. The van der Waals surface area contributed by atoms with Crippen LogP contribution in [0.2, 0.25) is 0 Å². The predicted octanol–water partition coefficient (Wildman–Crippen LogP) is 3.16. The lowest BCUT2D eigenvalue weighted by molar-refractivity contribution is 0.0960. The maximum Gasteiger partial charge on any atom is 0.205 e. The van der Waals surface area contributed by atoms with E-state index in [1.807, 2.05) is 57.2 Å². The minimum absolute atomic E-state index is 0.0322. The number of ether oxygens (including phenoxy) is 1. The highest BCUT2D eigenvalue weighted by Gasteiger charge is 2.14. The van der Waals surface area contributed by atoms with Gasteiger partial charge in [0.1, 0.15) is 12.3 Å². The van der Waals surface area contributed by atoms with Crippen molar-refractivity contribution in [3.63, 3.8) is 0 Å². The molecule has 0 aliphatic heterocycles. The molecule has 6 heteroatoms. The molecule has 0 N–H and O–H groups in total. The summed E-state index contributed by atoms with van der Waals surface area (Å²) in [7, 11) is 1.61. The topological polar surface area (TPSA) is 69.9 Å². The fourth-order valence-corrected chi connectivity index (χ4v) is 2.66. The molecule has 0 spiro atoms. The Morgan fingerprint density at radius 3 is 2.60 bits per heavy atom. The van der Waals surface area contributed by atoms with Crippen molar-refractivity contribution in [2.75, 3.05) is 7.11 Å². The van der Waals surface area contributed by atoms with Crippen LogP contribution in [0.25, 0.3) is 11.4 Å². The van der Waals surface area contributed by atoms with Gasteiger partial charge in [0.2, 0.25) is 5.82 Å².